The van der Waals surface area contributed by atoms with Crippen LogP contribution in [0.4, 0.5) is 0 Å². The van der Waals surface area contributed by atoms with Crippen LogP contribution in [-0.2, 0) is 0 Å². The predicted molar refractivity (Wildman–Crippen MR) is 44.2 cm³/mol. The van der Waals surface area contributed by atoms with Crippen LogP contribution in [0, 0.1) is 0 Å². The maximum atomic E-state index is 4.41. The van der Waals surface area contributed by atoms with Gasteiger partial charge in [0.15, 0.2) is 0 Å². The molecular formula is C7H13NS. The lowest BCUT2D eigenvalue weighted by Gasteiger charge is -2.19. The summed E-state index contributed by atoms with van der Waals surface area (Å²) in [6, 6.07) is 0.557. The molecule has 0 aromatic rings. The van der Waals surface area contributed by atoms with Crippen LogP contribution in [0.15, 0.2) is 4.99 Å². The lowest BCUT2D eigenvalue weighted by molar-refractivity contribution is 0.661. The molecule has 0 aromatic heterocycles. The van der Waals surface area contributed by atoms with Crippen LogP contribution >= 0.6 is 11.8 Å². The number of aliphatic imine (C=N–C) groups is 1. The van der Waals surface area contributed by atoms with Crippen LogP contribution in [-0.4, -0.2) is 16.3 Å². The van der Waals surface area contributed by atoms with Gasteiger partial charge in [0.25, 0.3) is 0 Å². The Labute approximate surface area is 60.9 Å². The Bertz CT molecular complexity index is 131. The molecule has 2 atom stereocenters. The first-order valence-corrected chi connectivity index (χ1v) is 4.27. The minimum absolute atomic E-state index is 0.557. The highest BCUT2D eigenvalue weighted by Gasteiger charge is 2.14. The molecule has 0 spiro atoms. The Morgan fingerprint density at radius 1 is 1.56 bits per heavy atom. The van der Waals surface area contributed by atoms with Crippen molar-refractivity contribution in [2.24, 2.45) is 4.99 Å². The summed E-state index contributed by atoms with van der Waals surface area (Å²) in [5.74, 6) is 0. The summed E-state index contributed by atoms with van der Waals surface area (Å²) < 4.78 is 0. The second-order valence-corrected chi connectivity index (χ2v) is 4.29. The number of nitrogens with zero attached hydrogens (tertiary/aromatic N) is 1. The maximum absolute atomic E-state index is 4.41. The molecule has 0 radical (unpaired) electrons. The van der Waals surface area contributed by atoms with Gasteiger partial charge in [-0.2, -0.15) is 0 Å². The summed E-state index contributed by atoms with van der Waals surface area (Å²) in [6.07, 6.45) is 1.24. The van der Waals surface area contributed by atoms with E-state index in [2.05, 4.69) is 25.8 Å². The molecule has 2 heteroatoms. The van der Waals surface area contributed by atoms with Crippen molar-refractivity contribution in [1.82, 2.24) is 0 Å². The van der Waals surface area contributed by atoms with Gasteiger partial charge in [0.1, 0.15) is 0 Å². The van der Waals surface area contributed by atoms with Crippen molar-refractivity contribution < 1.29 is 0 Å². The van der Waals surface area contributed by atoms with Crippen molar-refractivity contribution in [3.63, 3.8) is 0 Å². The van der Waals surface area contributed by atoms with E-state index in [0.29, 0.717) is 6.04 Å². The van der Waals surface area contributed by atoms with Gasteiger partial charge in [-0.1, -0.05) is 6.92 Å². The summed E-state index contributed by atoms with van der Waals surface area (Å²) in [5.41, 5.74) is 0. The Morgan fingerprint density at radius 3 is 2.67 bits per heavy atom. The van der Waals surface area contributed by atoms with Gasteiger partial charge in [-0.05, 0) is 20.3 Å². The highest BCUT2D eigenvalue weighted by Crippen LogP contribution is 2.24. The molecule has 0 saturated heterocycles. The number of hydrogen-bond acceptors (Lipinski definition) is 2. The van der Waals surface area contributed by atoms with E-state index >= 15 is 0 Å². The van der Waals surface area contributed by atoms with Gasteiger partial charge in [-0.3, -0.25) is 4.99 Å². The zero-order chi connectivity index (χ0) is 6.85. The molecule has 0 aliphatic carbocycles. The maximum Gasteiger partial charge on any atom is 0.0650 e. The summed E-state index contributed by atoms with van der Waals surface area (Å²) >= 11 is 1.89. The van der Waals surface area contributed by atoms with Crippen LogP contribution in [0.1, 0.15) is 27.2 Å². The van der Waals surface area contributed by atoms with Crippen molar-refractivity contribution in [3.05, 3.63) is 0 Å². The van der Waals surface area contributed by atoms with Gasteiger partial charge in [-0.25, -0.2) is 0 Å². The smallest absolute Gasteiger partial charge is 0.0650 e. The second kappa shape index (κ2) is 2.74. The summed E-state index contributed by atoms with van der Waals surface area (Å²) in [4.78, 5) is 4.41. The molecule has 1 nitrogen and oxygen atoms in total. The predicted octanol–water partition coefficient (Wildman–Crippen LogP) is 2.32. The van der Waals surface area contributed by atoms with E-state index in [-0.39, 0.29) is 0 Å². The summed E-state index contributed by atoms with van der Waals surface area (Å²) in [5, 5.41) is 2.03. The molecule has 0 bridgehead atoms. The lowest BCUT2D eigenvalue weighted by Crippen LogP contribution is -2.15. The van der Waals surface area contributed by atoms with Crippen LogP contribution in [0.2, 0.25) is 0 Å². The molecule has 52 valence electrons. The molecule has 0 unspecified atom stereocenters. The molecule has 0 amide bonds. The zero-order valence-electron chi connectivity index (χ0n) is 6.22. The van der Waals surface area contributed by atoms with Crippen LogP contribution in [0.5, 0.6) is 0 Å². The van der Waals surface area contributed by atoms with Crippen molar-refractivity contribution in [1.29, 1.82) is 0 Å². The molecule has 0 aromatic carbocycles. The highest BCUT2D eigenvalue weighted by molar-refractivity contribution is 8.14. The van der Waals surface area contributed by atoms with Crippen molar-refractivity contribution in [3.8, 4) is 0 Å². The van der Waals surface area contributed by atoms with E-state index < -0.39 is 0 Å². The summed E-state index contributed by atoms with van der Waals surface area (Å²) in [7, 11) is 0. The van der Waals surface area contributed by atoms with E-state index in [9.17, 15) is 0 Å². The molecule has 0 saturated carbocycles. The van der Waals surface area contributed by atoms with Gasteiger partial charge in [0.05, 0.1) is 5.04 Å². The van der Waals surface area contributed by atoms with E-state index in [1.807, 2.05) is 11.8 Å². The second-order valence-electron chi connectivity index (χ2n) is 2.66. The Balaban J connectivity index is 2.56. The largest absolute Gasteiger partial charge is 0.280 e. The van der Waals surface area contributed by atoms with E-state index in [1.54, 1.807) is 0 Å². The lowest BCUT2D eigenvalue weighted by atomic mass is 10.2. The van der Waals surface area contributed by atoms with Crippen molar-refractivity contribution >= 4 is 16.8 Å². The van der Waals surface area contributed by atoms with Crippen molar-refractivity contribution in [2.75, 3.05) is 0 Å². The number of thioether (sulfide) groups is 1. The molecule has 1 aliphatic heterocycles. The van der Waals surface area contributed by atoms with Crippen LogP contribution in [0.25, 0.3) is 0 Å². The van der Waals surface area contributed by atoms with Crippen molar-refractivity contribution in [2.45, 2.75) is 38.5 Å². The molecule has 1 rings (SSSR count). The molecular weight excluding hydrogens is 130 g/mol. The molecule has 0 fully saturated rings. The Morgan fingerprint density at radius 2 is 2.22 bits per heavy atom. The first-order valence-electron chi connectivity index (χ1n) is 3.39. The minimum atomic E-state index is 0.557. The van der Waals surface area contributed by atoms with Gasteiger partial charge in [0, 0.05) is 11.3 Å². The fourth-order valence-corrected chi connectivity index (χ4v) is 2.41. The SMILES string of the molecule is CC1=N[C@@H](C)C[C@@H](C)S1. The van der Waals surface area contributed by atoms with Gasteiger partial charge < -0.3 is 0 Å². The van der Waals surface area contributed by atoms with Crippen LogP contribution in [0.3, 0.4) is 0 Å². The normalized spacial score (nSPS) is 36.1. The zero-order valence-corrected chi connectivity index (χ0v) is 7.03. The average molecular weight is 143 g/mol. The van der Waals surface area contributed by atoms with Gasteiger partial charge in [0.2, 0.25) is 0 Å². The third-order valence-corrected chi connectivity index (χ3v) is 2.49. The third-order valence-electron chi connectivity index (χ3n) is 1.45. The third kappa shape index (κ3) is 2.01. The van der Waals surface area contributed by atoms with Gasteiger partial charge in [-0.15, -0.1) is 11.8 Å². The monoisotopic (exact) mass is 143 g/mol. The average Bonchev–Trinajstić information content (AvgIpc) is 1.59. The number of rotatable bonds is 0. The first kappa shape index (κ1) is 7.13. The fraction of sp³-hybridized carbons (Fsp3) is 0.857. The quantitative estimate of drug-likeness (QED) is 0.507. The van der Waals surface area contributed by atoms with Crippen LogP contribution < -0.4 is 0 Å². The number of hydrogen-bond donors (Lipinski definition) is 0. The Hall–Kier alpha value is 0.0200. The van der Waals surface area contributed by atoms with E-state index in [1.165, 1.54) is 11.5 Å². The fourth-order valence-electron chi connectivity index (χ4n) is 1.21. The topological polar surface area (TPSA) is 12.4 Å². The van der Waals surface area contributed by atoms with Gasteiger partial charge >= 0.3 is 0 Å². The highest BCUT2D eigenvalue weighted by atomic mass is 32.2. The molecule has 9 heavy (non-hydrogen) atoms. The molecule has 1 heterocycles. The molecule has 0 N–H and O–H groups in total. The standard InChI is InChI=1S/C7H13NS/c1-5-4-6(2)9-7(3)8-5/h5-6H,4H2,1-3H3/t5-,6+/m0/s1. The van der Waals surface area contributed by atoms with E-state index in [0.717, 1.165) is 5.25 Å². The Kier molecular flexibility index (Phi) is 2.17. The summed E-state index contributed by atoms with van der Waals surface area (Å²) in [6.45, 7) is 6.54. The molecule has 1 aliphatic rings. The minimum Gasteiger partial charge on any atom is -0.280 e. The van der Waals surface area contributed by atoms with E-state index in [4.69, 9.17) is 0 Å². The first-order chi connectivity index (χ1) is 4.18.